The molecule has 5 nitrogen and oxygen atoms in total. The maximum absolute atomic E-state index is 13.4. The van der Waals surface area contributed by atoms with Crippen molar-refractivity contribution >= 4 is 23.2 Å². The first-order chi connectivity index (χ1) is 13.4. The van der Waals surface area contributed by atoms with Gasteiger partial charge in [0.25, 0.3) is 5.56 Å². The minimum Gasteiger partial charge on any atom is -0.298 e. The fraction of sp³-hybridized carbons (Fsp3) is 0.238. The Balaban J connectivity index is 1.78. The smallest absolute Gasteiger partial charge is 0.259 e. The Morgan fingerprint density at radius 3 is 2.50 bits per heavy atom. The molecule has 0 unspecified atom stereocenters. The third-order valence-corrected chi connectivity index (χ3v) is 5.40. The third-order valence-electron chi connectivity index (χ3n) is 5.03. The first kappa shape index (κ1) is 18.7. The van der Waals surface area contributed by atoms with E-state index in [1.165, 1.54) is 12.1 Å². The molecule has 0 bridgehead atoms. The first-order valence-corrected chi connectivity index (χ1v) is 9.39. The maximum Gasteiger partial charge on any atom is 0.259 e. The second-order valence-corrected chi connectivity index (χ2v) is 7.37. The Hall–Kier alpha value is -2.70. The molecule has 7 heteroatoms. The Morgan fingerprint density at radius 2 is 1.79 bits per heavy atom. The Kier molecular flexibility index (Phi) is 4.91. The van der Waals surface area contributed by atoms with Gasteiger partial charge in [0.2, 0.25) is 5.95 Å². The van der Waals surface area contributed by atoms with E-state index in [4.69, 9.17) is 11.6 Å². The van der Waals surface area contributed by atoms with Gasteiger partial charge in [-0.2, -0.15) is 0 Å². The number of aryl methyl sites for hydroxylation is 1. The van der Waals surface area contributed by atoms with Crippen molar-refractivity contribution < 1.29 is 4.39 Å². The van der Waals surface area contributed by atoms with E-state index in [-0.39, 0.29) is 11.4 Å². The fourth-order valence-electron chi connectivity index (χ4n) is 3.37. The number of halogens is 2. The van der Waals surface area contributed by atoms with E-state index in [0.29, 0.717) is 42.1 Å². The average molecular weight is 399 g/mol. The van der Waals surface area contributed by atoms with Crippen LogP contribution >= 0.6 is 11.6 Å². The van der Waals surface area contributed by atoms with Crippen molar-refractivity contribution in [3.63, 3.8) is 0 Å². The van der Waals surface area contributed by atoms with Crippen molar-refractivity contribution in [3.05, 3.63) is 86.5 Å². The Labute approximate surface area is 167 Å². The largest absolute Gasteiger partial charge is 0.298 e. The third kappa shape index (κ3) is 3.41. The zero-order valence-electron chi connectivity index (χ0n) is 15.7. The van der Waals surface area contributed by atoms with Crippen molar-refractivity contribution in [2.45, 2.75) is 27.1 Å². The lowest BCUT2D eigenvalue weighted by atomic mass is 10.2. The summed E-state index contributed by atoms with van der Waals surface area (Å²) < 4.78 is 15.1. The van der Waals surface area contributed by atoms with Gasteiger partial charge in [-0.3, -0.25) is 19.2 Å². The van der Waals surface area contributed by atoms with Crippen LogP contribution in [0.1, 0.15) is 16.8 Å². The van der Waals surface area contributed by atoms with Crippen LogP contribution in [-0.2, 0) is 13.2 Å². The van der Waals surface area contributed by atoms with Crippen LogP contribution in [0.5, 0.6) is 0 Å². The van der Waals surface area contributed by atoms with Gasteiger partial charge in [0.1, 0.15) is 5.82 Å². The van der Waals surface area contributed by atoms with Crippen LogP contribution in [0.4, 0.5) is 16.0 Å². The highest BCUT2D eigenvalue weighted by Crippen LogP contribution is 2.29. The second-order valence-electron chi connectivity index (χ2n) is 6.96. The summed E-state index contributed by atoms with van der Waals surface area (Å²) in [5.74, 6) is 0.259. The van der Waals surface area contributed by atoms with Crippen molar-refractivity contribution in [2.75, 3.05) is 11.6 Å². The summed E-state index contributed by atoms with van der Waals surface area (Å²) in [5.41, 5.74) is 3.01. The standard InChI is InChI=1S/C21H20ClFN4O/c1-14-15(2)24-21-26(18-9-7-17(23)8-10-18)12-25(13-27(21)20(14)28)11-16-5-3-4-6-19(16)22/h3-10H,11-13H2,1-2H3. The van der Waals surface area contributed by atoms with Crippen LogP contribution in [0.25, 0.3) is 0 Å². The molecule has 0 saturated carbocycles. The van der Waals surface area contributed by atoms with E-state index >= 15 is 0 Å². The fourth-order valence-corrected chi connectivity index (χ4v) is 3.56. The summed E-state index contributed by atoms with van der Waals surface area (Å²) in [7, 11) is 0. The number of nitrogens with zero attached hydrogens (tertiary/aromatic N) is 4. The molecule has 0 amide bonds. The van der Waals surface area contributed by atoms with Gasteiger partial charge in [0.05, 0.1) is 13.3 Å². The molecule has 0 aliphatic carbocycles. The first-order valence-electron chi connectivity index (χ1n) is 9.01. The summed E-state index contributed by atoms with van der Waals surface area (Å²) >= 11 is 6.33. The predicted octanol–water partition coefficient (Wildman–Crippen LogP) is 4.22. The molecule has 4 rings (SSSR count). The van der Waals surface area contributed by atoms with Crippen LogP contribution in [0.3, 0.4) is 0 Å². The molecule has 0 spiro atoms. The maximum atomic E-state index is 13.4. The molecule has 1 aliphatic rings. The minimum absolute atomic E-state index is 0.0709. The zero-order valence-corrected chi connectivity index (χ0v) is 16.4. The second kappa shape index (κ2) is 7.37. The molecule has 0 saturated heterocycles. The Morgan fingerprint density at radius 1 is 1.07 bits per heavy atom. The number of fused-ring (bicyclic) bond motifs is 1. The number of hydrogen-bond donors (Lipinski definition) is 0. The van der Waals surface area contributed by atoms with E-state index in [1.54, 1.807) is 23.6 Å². The number of hydrogen-bond acceptors (Lipinski definition) is 4. The Bertz CT molecular complexity index is 1080. The van der Waals surface area contributed by atoms with Crippen molar-refractivity contribution in [2.24, 2.45) is 0 Å². The molecule has 1 aromatic heterocycles. The topological polar surface area (TPSA) is 41.4 Å². The number of anilines is 2. The van der Waals surface area contributed by atoms with Crippen LogP contribution in [0.2, 0.25) is 5.02 Å². The average Bonchev–Trinajstić information content (AvgIpc) is 2.69. The molecule has 0 radical (unpaired) electrons. The van der Waals surface area contributed by atoms with E-state index < -0.39 is 0 Å². The summed E-state index contributed by atoms with van der Waals surface area (Å²) in [4.78, 5) is 21.6. The molecule has 0 N–H and O–H groups in total. The monoisotopic (exact) mass is 398 g/mol. The van der Waals surface area contributed by atoms with Gasteiger partial charge in [-0.25, -0.2) is 9.37 Å². The van der Waals surface area contributed by atoms with Crippen molar-refractivity contribution in [3.8, 4) is 0 Å². The van der Waals surface area contributed by atoms with Crippen molar-refractivity contribution in [1.29, 1.82) is 0 Å². The molecule has 1 aliphatic heterocycles. The van der Waals surface area contributed by atoms with Crippen LogP contribution in [-0.4, -0.2) is 21.1 Å². The van der Waals surface area contributed by atoms with E-state index in [0.717, 1.165) is 11.3 Å². The van der Waals surface area contributed by atoms with Gasteiger partial charge < -0.3 is 0 Å². The van der Waals surface area contributed by atoms with Crippen LogP contribution in [0.15, 0.2) is 53.3 Å². The predicted molar refractivity (Wildman–Crippen MR) is 108 cm³/mol. The highest BCUT2D eigenvalue weighted by Gasteiger charge is 2.27. The van der Waals surface area contributed by atoms with Crippen LogP contribution < -0.4 is 10.5 Å². The van der Waals surface area contributed by atoms with Gasteiger partial charge in [0.15, 0.2) is 0 Å². The van der Waals surface area contributed by atoms with Crippen molar-refractivity contribution in [1.82, 2.24) is 14.5 Å². The molecular formula is C21H20ClFN4O. The normalized spacial score (nSPS) is 14.2. The molecule has 0 fully saturated rings. The summed E-state index contributed by atoms with van der Waals surface area (Å²) in [6.45, 7) is 5.11. The van der Waals surface area contributed by atoms with E-state index in [9.17, 15) is 9.18 Å². The quantitative estimate of drug-likeness (QED) is 0.662. The molecule has 28 heavy (non-hydrogen) atoms. The molecular weight excluding hydrogens is 379 g/mol. The highest BCUT2D eigenvalue weighted by atomic mass is 35.5. The SMILES string of the molecule is Cc1nc2n(c(=O)c1C)CN(Cc1ccccc1Cl)CN2c1ccc(F)cc1. The highest BCUT2D eigenvalue weighted by molar-refractivity contribution is 6.31. The van der Waals surface area contributed by atoms with E-state index in [1.807, 2.05) is 36.1 Å². The molecule has 2 heterocycles. The lowest BCUT2D eigenvalue weighted by Crippen LogP contribution is -2.47. The minimum atomic E-state index is -0.306. The van der Waals surface area contributed by atoms with Gasteiger partial charge in [-0.1, -0.05) is 29.8 Å². The number of rotatable bonds is 3. The van der Waals surface area contributed by atoms with Gasteiger partial charge >= 0.3 is 0 Å². The summed E-state index contributed by atoms with van der Waals surface area (Å²) in [5, 5.41) is 0.687. The number of benzene rings is 2. The summed E-state index contributed by atoms with van der Waals surface area (Å²) in [6, 6.07) is 13.9. The molecule has 3 aromatic rings. The molecule has 144 valence electrons. The lowest BCUT2D eigenvalue weighted by Gasteiger charge is -2.38. The number of aromatic nitrogens is 2. The van der Waals surface area contributed by atoms with Gasteiger partial charge in [0, 0.05) is 28.5 Å². The van der Waals surface area contributed by atoms with Crippen LogP contribution in [0, 0.1) is 19.7 Å². The molecule has 0 atom stereocenters. The lowest BCUT2D eigenvalue weighted by molar-refractivity contribution is 0.190. The summed E-state index contributed by atoms with van der Waals surface area (Å²) in [6.07, 6.45) is 0. The zero-order chi connectivity index (χ0) is 19.8. The van der Waals surface area contributed by atoms with Gasteiger partial charge in [-0.15, -0.1) is 0 Å². The molecule has 2 aromatic carbocycles. The van der Waals surface area contributed by atoms with Gasteiger partial charge in [-0.05, 0) is 49.7 Å². The van der Waals surface area contributed by atoms with E-state index in [2.05, 4.69) is 9.88 Å².